The average molecular weight is 287 g/mol. The van der Waals surface area contributed by atoms with Gasteiger partial charge in [0.25, 0.3) is 0 Å². The van der Waals surface area contributed by atoms with E-state index in [0.717, 1.165) is 25.6 Å². The van der Waals surface area contributed by atoms with Crippen LogP contribution in [0.5, 0.6) is 0 Å². The highest BCUT2D eigenvalue weighted by atomic mass is 79.9. The Labute approximate surface area is 101 Å². The van der Waals surface area contributed by atoms with Gasteiger partial charge in [-0.25, -0.2) is 4.79 Å². The lowest BCUT2D eigenvalue weighted by atomic mass is 10.1. The zero-order valence-corrected chi connectivity index (χ0v) is 11.0. The topological polar surface area (TPSA) is 32.3 Å². The molecular formula is C10H11BrN2OS. The van der Waals surface area contributed by atoms with E-state index in [9.17, 15) is 4.79 Å². The molecule has 2 rings (SSSR count). The van der Waals surface area contributed by atoms with Crippen LogP contribution in [-0.4, -0.2) is 17.5 Å². The van der Waals surface area contributed by atoms with Gasteiger partial charge in [0.1, 0.15) is 5.00 Å². The monoisotopic (exact) mass is 286 g/mol. The van der Waals surface area contributed by atoms with Crippen molar-refractivity contribution >= 4 is 44.0 Å². The quantitative estimate of drug-likeness (QED) is 0.840. The maximum absolute atomic E-state index is 11.7. The lowest BCUT2D eigenvalue weighted by Gasteiger charge is -2.28. The van der Waals surface area contributed by atoms with E-state index in [0.29, 0.717) is 6.54 Å². The van der Waals surface area contributed by atoms with Gasteiger partial charge in [0.2, 0.25) is 0 Å². The van der Waals surface area contributed by atoms with Gasteiger partial charge in [0.05, 0.1) is 3.79 Å². The maximum atomic E-state index is 11.7. The molecule has 0 radical (unpaired) electrons. The predicted octanol–water partition coefficient (Wildman–Crippen LogP) is 3.66. The highest BCUT2D eigenvalue weighted by Gasteiger charge is 2.29. The summed E-state index contributed by atoms with van der Waals surface area (Å²) in [5.74, 6) is 0. The van der Waals surface area contributed by atoms with Crippen LogP contribution in [0.4, 0.5) is 9.80 Å². The van der Waals surface area contributed by atoms with Gasteiger partial charge in [0, 0.05) is 17.8 Å². The summed E-state index contributed by atoms with van der Waals surface area (Å²) in [6.07, 6.45) is 0. The van der Waals surface area contributed by atoms with Gasteiger partial charge in [0.15, 0.2) is 0 Å². The number of hydrogen-bond donors (Lipinski definition) is 1. The number of hydrogen-bond acceptors (Lipinski definition) is 2. The van der Waals surface area contributed by atoms with E-state index in [-0.39, 0.29) is 6.03 Å². The zero-order valence-electron chi connectivity index (χ0n) is 8.56. The first-order valence-corrected chi connectivity index (χ1v) is 6.23. The number of amides is 2. The Morgan fingerprint density at radius 1 is 1.60 bits per heavy atom. The molecule has 1 aromatic rings. The Kier molecular flexibility index (Phi) is 2.60. The van der Waals surface area contributed by atoms with Crippen LogP contribution in [0, 0.1) is 6.92 Å². The number of fused-ring (bicyclic) bond motifs is 1. The van der Waals surface area contributed by atoms with Crippen molar-refractivity contribution in [2.75, 3.05) is 11.9 Å². The van der Waals surface area contributed by atoms with E-state index in [1.165, 1.54) is 11.3 Å². The molecule has 1 aliphatic rings. The van der Waals surface area contributed by atoms with Gasteiger partial charge >= 0.3 is 6.03 Å². The molecule has 0 fully saturated rings. The summed E-state index contributed by atoms with van der Waals surface area (Å²) in [4.78, 5) is 13.3. The van der Waals surface area contributed by atoms with Gasteiger partial charge in [-0.1, -0.05) is 6.58 Å². The van der Waals surface area contributed by atoms with E-state index in [1.54, 1.807) is 4.90 Å². The molecule has 1 N–H and O–H groups in total. The van der Waals surface area contributed by atoms with Gasteiger partial charge in [-0.05, 0) is 35.3 Å². The van der Waals surface area contributed by atoms with Crippen molar-refractivity contribution in [2.24, 2.45) is 0 Å². The molecule has 1 aliphatic heterocycles. The number of nitrogens with one attached hydrogen (secondary N) is 1. The number of anilines is 1. The summed E-state index contributed by atoms with van der Waals surface area (Å²) in [6, 6.07) is -0.0937. The highest BCUT2D eigenvalue weighted by molar-refractivity contribution is 9.11. The van der Waals surface area contributed by atoms with Crippen LogP contribution in [0.25, 0.3) is 5.70 Å². The van der Waals surface area contributed by atoms with Crippen molar-refractivity contribution < 1.29 is 4.79 Å². The fourth-order valence-electron chi connectivity index (χ4n) is 1.68. The molecule has 0 bridgehead atoms. The van der Waals surface area contributed by atoms with Gasteiger partial charge < -0.3 is 0 Å². The summed E-state index contributed by atoms with van der Waals surface area (Å²) >= 11 is 5.01. The van der Waals surface area contributed by atoms with Crippen molar-refractivity contribution in [1.29, 1.82) is 0 Å². The first-order chi connectivity index (χ1) is 7.06. The minimum atomic E-state index is -0.0937. The summed E-state index contributed by atoms with van der Waals surface area (Å²) in [5, 5.41) is 3.76. The highest BCUT2D eigenvalue weighted by Crippen LogP contribution is 2.43. The Bertz CT molecular complexity index is 453. The van der Waals surface area contributed by atoms with Crippen LogP contribution in [0.1, 0.15) is 18.1 Å². The Hall–Kier alpha value is -0.810. The molecule has 3 nitrogen and oxygen atoms in total. The van der Waals surface area contributed by atoms with Crippen molar-refractivity contribution in [2.45, 2.75) is 13.8 Å². The average Bonchev–Trinajstić information content (AvgIpc) is 2.43. The molecule has 15 heavy (non-hydrogen) atoms. The molecule has 2 heterocycles. The molecular weight excluding hydrogens is 276 g/mol. The van der Waals surface area contributed by atoms with Crippen LogP contribution in [-0.2, 0) is 0 Å². The first-order valence-electron chi connectivity index (χ1n) is 4.63. The molecule has 0 atom stereocenters. The van der Waals surface area contributed by atoms with Crippen LogP contribution < -0.4 is 5.32 Å². The molecule has 2 amide bonds. The molecule has 1 aromatic heterocycles. The van der Waals surface area contributed by atoms with Gasteiger partial charge in [-0.3, -0.25) is 10.2 Å². The molecule has 0 unspecified atom stereocenters. The van der Waals surface area contributed by atoms with Crippen LogP contribution >= 0.6 is 27.3 Å². The molecule has 5 heteroatoms. The third-order valence-corrected chi connectivity index (χ3v) is 4.56. The maximum Gasteiger partial charge on any atom is 0.326 e. The molecule has 0 aliphatic carbocycles. The van der Waals surface area contributed by atoms with E-state index >= 15 is 0 Å². The number of carbonyl (C=O) groups is 1. The smallest absolute Gasteiger partial charge is 0.298 e. The number of halogens is 1. The minimum Gasteiger partial charge on any atom is -0.298 e. The third kappa shape index (κ3) is 1.50. The van der Waals surface area contributed by atoms with E-state index in [4.69, 9.17) is 0 Å². The van der Waals surface area contributed by atoms with Gasteiger partial charge in [-0.2, -0.15) is 0 Å². The normalized spacial score (nSPS) is 15.3. The Morgan fingerprint density at radius 2 is 2.27 bits per heavy atom. The van der Waals surface area contributed by atoms with Crippen molar-refractivity contribution in [1.82, 2.24) is 4.90 Å². The van der Waals surface area contributed by atoms with E-state index in [2.05, 4.69) is 27.8 Å². The number of nitrogens with zero attached hydrogens (tertiary/aromatic N) is 1. The fourth-order valence-corrected chi connectivity index (χ4v) is 3.31. The SMILES string of the molecule is C=C1c2c(sc(Br)c2C)NC(=O)N1CC. The summed E-state index contributed by atoms with van der Waals surface area (Å²) in [7, 11) is 0. The standard InChI is InChI=1S/C10H11BrN2OS/c1-4-13-6(3)7-5(2)8(11)15-9(7)12-10(13)14/h3-4H2,1-2H3,(H,12,14). The van der Waals surface area contributed by atoms with E-state index < -0.39 is 0 Å². The van der Waals surface area contributed by atoms with Crippen molar-refractivity contribution in [3.05, 3.63) is 21.5 Å². The fraction of sp³-hybridized carbons (Fsp3) is 0.300. The second-order valence-electron chi connectivity index (χ2n) is 3.33. The second-order valence-corrected chi connectivity index (χ2v) is 5.66. The number of urea groups is 1. The van der Waals surface area contributed by atoms with Crippen molar-refractivity contribution in [3.63, 3.8) is 0 Å². The summed E-state index contributed by atoms with van der Waals surface area (Å²) < 4.78 is 1.05. The first kappa shape index (κ1) is 10.7. The third-order valence-electron chi connectivity index (χ3n) is 2.48. The molecule has 0 aromatic carbocycles. The van der Waals surface area contributed by atoms with Gasteiger partial charge in [-0.15, -0.1) is 11.3 Å². The van der Waals surface area contributed by atoms with Crippen molar-refractivity contribution in [3.8, 4) is 0 Å². The van der Waals surface area contributed by atoms with Crippen LogP contribution in [0.3, 0.4) is 0 Å². The largest absolute Gasteiger partial charge is 0.326 e. The number of carbonyl (C=O) groups excluding carboxylic acids is 1. The molecule has 0 saturated heterocycles. The Morgan fingerprint density at radius 3 is 2.87 bits per heavy atom. The summed E-state index contributed by atoms with van der Waals surface area (Å²) in [6.45, 7) is 8.58. The molecule has 0 spiro atoms. The number of rotatable bonds is 1. The second kappa shape index (κ2) is 3.64. The van der Waals surface area contributed by atoms with Crippen LogP contribution in [0.2, 0.25) is 0 Å². The number of thiophene rings is 1. The zero-order chi connectivity index (χ0) is 11.2. The predicted molar refractivity (Wildman–Crippen MR) is 67.2 cm³/mol. The van der Waals surface area contributed by atoms with E-state index in [1.807, 2.05) is 13.8 Å². The molecule has 0 saturated carbocycles. The lowest BCUT2D eigenvalue weighted by molar-refractivity contribution is 0.232. The molecule has 80 valence electrons. The minimum absolute atomic E-state index is 0.0937. The lowest BCUT2D eigenvalue weighted by Crippen LogP contribution is -2.36. The van der Waals surface area contributed by atoms with Crippen LogP contribution in [0.15, 0.2) is 10.4 Å². The Balaban J connectivity index is 2.56. The summed E-state index contributed by atoms with van der Waals surface area (Å²) in [5.41, 5.74) is 2.97.